The summed E-state index contributed by atoms with van der Waals surface area (Å²) in [6.45, 7) is 2.23. The van der Waals surface area contributed by atoms with Crippen LogP contribution in [-0.2, 0) is 16.6 Å². The van der Waals surface area contributed by atoms with Crippen LogP contribution in [0, 0.1) is 6.92 Å². The second-order valence-electron chi connectivity index (χ2n) is 6.23. The van der Waals surface area contributed by atoms with E-state index in [1.165, 1.54) is 9.71 Å². The van der Waals surface area contributed by atoms with Crippen LogP contribution in [-0.4, -0.2) is 8.42 Å². The molecule has 0 aliphatic heterocycles. The molecule has 27 heavy (non-hydrogen) atoms. The predicted octanol–water partition coefficient (Wildman–Crippen LogP) is 5.76. The topological polar surface area (TPSA) is 37.4 Å². The summed E-state index contributed by atoms with van der Waals surface area (Å²) in [7, 11) is -3.66. The van der Waals surface area contributed by atoms with Crippen molar-refractivity contribution in [3.05, 3.63) is 105 Å². The van der Waals surface area contributed by atoms with Crippen molar-refractivity contribution in [1.82, 2.24) is 0 Å². The molecule has 3 nitrogen and oxygen atoms in total. The first-order chi connectivity index (χ1) is 12.9. The summed E-state index contributed by atoms with van der Waals surface area (Å²) < 4.78 is 28.6. The van der Waals surface area contributed by atoms with Crippen molar-refractivity contribution in [2.75, 3.05) is 4.31 Å². The SMILES string of the molecule is Cc1cccc(N(Cc2ccccc2)S(=O)(=O)/C=C/c2cccc(Br)c2)c1. The van der Waals surface area contributed by atoms with E-state index in [9.17, 15) is 8.42 Å². The Morgan fingerprint density at radius 2 is 1.67 bits per heavy atom. The number of halogens is 1. The number of hydrogen-bond donors (Lipinski definition) is 0. The van der Waals surface area contributed by atoms with Gasteiger partial charge in [-0.3, -0.25) is 4.31 Å². The van der Waals surface area contributed by atoms with Gasteiger partial charge in [0.25, 0.3) is 10.0 Å². The van der Waals surface area contributed by atoms with Gasteiger partial charge < -0.3 is 0 Å². The number of benzene rings is 3. The van der Waals surface area contributed by atoms with Crippen molar-refractivity contribution in [3.63, 3.8) is 0 Å². The van der Waals surface area contributed by atoms with Gasteiger partial charge in [-0.25, -0.2) is 8.42 Å². The summed E-state index contributed by atoms with van der Waals surface area (Å²) in [5.41, 5.74) is 3.41. The molecular formula is C22H20BrNO2S. The summed E-state index contributed by atoms with van der Waals surface area (Å²) in [6, 6.07) is 24.6. The number of hydrogen-bond acceptors (Lipinski definition) is 2. The first-order valence-electron chi connectivity index (χ1n) is 8.51. The van der Waals surface area contributed by atoms with Crippen molar-refractivity contribution < 1.29 is 8.42 Å². The van der Waals surface area contributed by atoms with Crippen LogP contribution >= 0.6 is 15.9 Å². The van der Waals surface area contributed by atoms with Crippen LogP contribution in [0.2, 0.25) is 0 Å². The lowest BCUT2D eigenvalue weighted by Gasteiger charge is -2.23. The fourth-order valence-electron chi connectivity index (χ4n) is 2.71. The summed E-state index contributed by atoms with van der Waals surface area (Å²) >= 11 is 3.41. The molecule has 0 bridgehead atoms. The quantitative estimate of drug-likeness (QED) is 0.487. The molecule has 138 valence electrons. The van der Waals surface area contributed by atoms with Crippen LogP contribution in [0.15, 0.2) is 88.7 Å². The molecule has 0 fully saturated rings. The molecule has 0 amide bonds. The van der Waals surface area contributed by atoms with Crippen molar-refractivity contribution >= 4 is 37.7 Å². The molecule has 0 aliphatic carbocycles. The van der Waals surface area contributed by atoms with E-state index >= 15 is 0 Å². The van der Waals surface area contributed by atoms with E-state index in [-0.39, 0.29) is 6.54 Å². The van der Waals surface area contributed by atoms with Gasteiger partial charge in [0.1, 0.15) is 0 Å². The zero-order chi connectivity index (χ0) is 19.3. The number of nitrogens with zero attached hydrogens (tertiary/aromatic N) is 1. The van der Waals surface area contributed by atoms with Crippen LogP contribution in [0.25, 0.3) is 6.08 Å². The van der Waals surface area contributed by atoms with Gasteiger partial charge in [-0.1, -0.05) is 70.5 Å². The van der Waals surface area contributed by atoms with Crippen LogP contribution in [0.1, 0.15) is 16.7 Å². The largest absolute Gasteiger partial charge is 0.262 e. The lowest BCUT2D eigenvalue weighted by Crippen LogP contribution is -2.28. The second-order valence-corrected chi connectivity index (χ2v) is 8.89. The van der Waals surface area contributed by atoms with Gasteiger partial charge in [-0.2, -0.15) is 0 Å². The average molecular weight is 442 g/mol. The molecule has 3 aromatic rings. The number of sulfonamides is 1. The Kier molecular flexibility index (Phi) is 6.14. The summed E-state index contributed by atoms with van der Waals surface area (Å²) in [5.74, 6) is 0. The minimum Gasteiger partial charge on any atom is -0.262 e. The number of aryl methyl sites for hydroxylation is 1. The molecule has 0 atom stereocenters. The molecule has 3 aromatic carbocycles. The van der Waals surface area contributed by atoms with E-state index in [1.54, 1.807) is 6.08 Å². The van der Waals surface area contributed by atoms with Gasteiger partial charge in [0.05, 0.1) is 17.6 Å². The molecule has 0 unspecified atom stereocenters. The molecule has 0 N–H and O–H groups in total. The monoisotopic (exact) mass is 441 g/mol. The summed E-state index contributed by atoms with van der Waals surface area (Å²) in [5, 5.41) is 1.26. The Bertz CT molecular complexity index is 1050. The standard InChI is InChI=1S/C22H20BrNO2S/c1-18-7-5-12-22(15-18)24(17-20-8-3-2-4-9-20)27(25,26)14-13-19-10-6-11-21(23)16-19/h2-16H,17H2,1H3/b14-13+. The molecule has 5 heteroatoms. The highest BCUT2D eigenvalue weighted by Gasteiger charge is 2.20. The average Bonchev–Trinajstić information content (AvgIpc) is 2.65. The van der Waals surface area contributed by atoms with E-state index in [4.69, 9.17) is 0 Å². The zero-order valence-electron chi connectivity index (χ0n) is 14.9. The molecule has 3 rings (SSSR count). The molecular weight excluding hydrogens is 422 g/mol. The minimum absolute atomic E-state index is 0.273. The van der Waals surface area contributed by atoms with Crippen LogP contribution in [0.4, 0.5) is 5.69 Å². The van der Waals surface area contributed by atoms with Gasteiger partial charge in [0.15, 0.2) is 0 Å². The van der Waals surface area contributed by atoms with Crippen molar-refractivity contribution in [3.8, 4) is 0 Å². The van der Waals surface area contributed by atoms with Gasteiger partial charge in [0.2, 0.25) is 0 Å². The zero-order valence-corrected chi connectivity index (χ0v) is 17.3. The lowest BCUT2D eigenvalue weighted by atomic mass is 10.2. The highest BCUT2D eigenvalue weighted by atomic mass is 79.9. The Balaban J connectivity index is 1.97. The van der Waals surface area contributed by atoms with E-state index in [1.807, 2.05) is 85.8 Å². The smallest absolute Gasteiger partial charge is 0.257 e. The maximum Gasteiger partial charge on any atom is 0.257 e. The lowest BCUT2D eigenvalue weighted by molar-refractivity contribution is 0.599. The van der Waals surface area contributed by atoms with Crippen molar-refractivity contribution in [2.45, 2.75) is 13.5 Å². The molecule has 0 spiro atoms. The molecule has 0 saturated carbocycles. The third-order valence-corrected chi connectivity index (χ3v) is 5.97. The van der Waals surface area contributed by atoms with Gasteiger partial charge in [-0.15, -0.1) is 0 Å². The van der Waals surface area contributed by atoms with Gasteiger partial charge in [0, 0.05) is 4.47 Å². The first-order valence-corrected chi connectivity index (χ1v) is 10.8. The fraction of sp³-hybridized carbons (Fsp3) is 0.0909. The van der Waals surface area contributed by atoms with Crippen molar-refractivity contribution in [2.24, 2.45) is 0 Å². The third-order valence-electron chi connectivity index (χ3n) is 4.05. The highest BCUT2D eigenvalue weighted by Crippen LogP contribution is 2.24. The van der Waals surface area contributed by atoms with Crippen LogP contribution in [0.3, 0.4) is 0 Å². The summed E-state index contributed by atoms with van der Waals surface area (Å²) in [6.07, 6.45) is 1.62. The Morgan fingerprint density at radius 1 is 0.926 bits per heavy atom. The maximum atomic E-state index is 13.1. The van der Waals surface area contributed by atoms with Gasteiger partial charge >= 0.3 is 0 Å². The third kappa shape index (κ3) is 5.31. The van der Waals surface area contributed by atoms with Crippen molar-refractivity contribution in [1.29, 1.82) is 0 Å². The number of anilines is 1. The summed E-state index contributed by atoms with van der Waals surface area (Å²) in [4.78, 5) is 0. The number of rotatable bonds is 6. The first kappa shape index (κ1) is 19.4. The van der Waals surface area contributed by atoms with E-state index < -0.39 is 10.0 Å². The van der Waals surface area contributed by atoms with Gasteiger partial charge in [-0.05, 0) is 54.0 Å². The molecule has 0 saturated heterocycles. The van der Waals surface area contributed by atoms with E-state index in [2.05, 4.69) is 15.9 Å². The molecule has 0 radical (unpaired) electrons. The van der Waals surface area contributed by atoms with E-state index in [0.717, 1.165) is 21.2 Å². The molecule has 0 aliphatic rings. The van der Waals surface area contributed by atoms with Crippen LogP contribution in [0.5, 0.6) is 0 Å². The van der Waals surface area contributed by atoms with Crippen LogP contribution < -0.4 is 4.31 Å². The highest BCUT2D eigenvalue weighted by molar-refractivity contribution is 9.10. The normalized spacial score (nSPS) is 11.6. The fourth-order valence-corrected chi connectivity index (χ4v) is 4.34. The minimum atomic E-state index is -3.66. The predicted molar refractivity (Wildman–Crippen MR) is 116 cm³/mol. The second kappa shape index (κ2) is 8.55. The Labute approximate surface area is 169 Å². The molecule has 0 heterocycles. The molecule has 0 aromatic heterocycles. The maximum absolute atomic E-state index is 13.1. The Morgan fingerprint density at radius 3 is 2.37 bits per heavy atom. The Hall–Kier alpha value is -2.37. The van der Waals surface area contributed by atoms with E-state index in [0.29, 0.717) is 5.69 Å².